The summed E-state index contributed by atoms with van der Waals surface area (Å²) >= 11 is 0. The molecule has 0 bridgehead atoms. The van der Waals surface area contributed by atoms with E-state index in [4.69, 9.17) is 9.84 Å². The van der Waals surface area contributed by atoms with Gasteiger partial charge in [-0.1, -0.05) is 44.2 Å². The van der Waals surface area contributed by atoms with Gasteiger partial charge < -0.3 is 14.7 Å². The van der Waals surface area contributed by atoms with Gasteiger partial charge in [0, 0.05) is 19.0 Å². The second-order valence-electron chi connectivity index (χ2n) is 7.34. The third-order valence-electron chi connectivity index (χ3n) is 3.65. The first-order chi connectivity index (χ1) is 11.1. The number of rotatable bonds is 7. The van der Waals surface area contributed by atoms with Crippen molar-refractivity contribution in [3.8, 4) is 0 Å². The number of amides is 1. The Hall–Kier alpha value is -2.04. The average Bonchev–Trinajstić information content (AvgIpc) is 2.44. The van der Waals surface area contributed by atoms with Crippen molar-refractivity contribution in [2.75, 3.05) is 0 Å². The molecule has 1 N–H and O–H groups in total. The largest absolute Gasteiger partial charge is 0.481 e. The van der Waals surface area contributed by atoms with Crippen LogP contribution in [0.1, 0.15) is 53.0 Å². The zero-order chi connectivity index (χ0) is 18.3. The topological polar surface area (TPSA) is 66.8 Å². The van der Waals surface area contributed by atoms with Gasteiger partial charge in [-0.2, -0.15) is 0 Å². The fourth-order valence-corrected chi connectivity index (χ4v) is 2.54. The SMILES string of the molecule is CC(C)[C@H](CCC(=O)O)N(Cc1ccccc1)C(=O)OC(C)(C)C. The molecule has 134 valence electrons. The van der Waals surface area contributed by atoms with Crippen LogP contribution >= 0.6 is 0 Å². The van der Waals surface area contributed by atoms with E-state index in [1.54, 1.807) is 4.90 Å². The molecular formula is C19H29NO4. The van der Waals surface area contributed by atoms with E-state index in [2.05, 4.69) is 0 Å². The molecule has 1 aromatic carbocycles. The van der Waals surface area contributed by atoms with E-state index in [1.165, 1.54) is 0 Å². The van der Waals surface area contributed by atoms with Crippen LogP contribution in [0.15, 0.2) is 30.3 Å². The highest BCUT2D eigenvalue weighted by Gasteiger charge is 2.30. The number of hydrogen-bond acceptors (Lipinski definition) is 3. The first-order valence-corrected chi connectivity index (χ1v) is 8.35. The van der Waals surface area contributed by atoms with Crippen LogP contribution in [0.2, 0.25) is 0 Å². The summed E-state index contributed by atoms with van der Waals surface area (Å²) in [6, 6.07) is 9.47. The Bertz CT molecular complexity index is 534. The molecule has 1 rings (SSSR count). The summed E-state index contributed by atoms with van der Waals surface area (Å²) < 4.78 is 5.55. The van der Waals surface area contributed by atoms with Gasteiger partial charge in [-0.05, 0) is 38.7 Å². The van der Waals surface area contributed by atoms with Gasteiger partial charge in [0.15, 0.2) is 0 Å². The molecule has 5 nitrogen and oxygen atoms in total. The van der Waals surface area contributed by atoms with Gasteiger partial charge in [-0.25, -0.2) is 4.79 Å². The van der Waals surface area contributed by atoms with Gasteiger partial charge in [0.25, 0.3) is 0 Å². The van der Waals surface area contributed by atoms with Crippen molar-refractivity contribution in [3.63, 3.8) is 0 Å². The van der Waals surface area contributed by atoms with Crippen molar-refractivity contribution >= 4 is 12.1 Å². The third-order valence-corrected chi connectivity index (χ3v) is 3.65. The predicted octanol–water partition coefficient (Wildman–Crippen LogP) is 4.31. The minimum Gasteiger partial charge on any atom is -0.481 e. The fourth-order valence-electron chi connectivity index (χ4n) is 2.54. The number of ether oxygens (including phenoxy) is 1. The van der Waals surface area contributed by atoms with Crippen molar-refractivity contribution in [2.45, 2.75) is 65.6 Å². The molecule has 0 aliphatic rings. The quantitative estimate of drug-likeness (QED) is 0.806. The molecule has 0 saturated carbocycles. The highest BCUT2D eigenvalue weighted by molar-refractivity contribution is 5.69. The average molecular weight is 335 g/mol. The molecule has 24 heavy (non-hydrogen) atoms. The van der Waals surface area contributed by atoms with Crippen molar-refractivity contribution in [1.82, 2.24) is 4.90 Å². The van der Waals surface area contributed by atoms with Gasteiger partial charge in [-0.3, -0.25) is 4.79 Å². The number of carbonyl (C=O) groups is 2. The number of carbonyl (C=O) groups excluding carboxylic acids is 1. The molecule has 0 saturated heterocycles. The number of hydrogen-bond donors (Lipinski definition) is 1. The smallest absolute Gasteiger partial charge is 0.410 e. The van der Waals surface area contributed by atoms with Crippen LogP contribution in [0.3, 0.4) is 0 Å². The van der Waals surface area contributed by atoms with Crippen LogP contribution in [-0.4, -0.2) is 33.7 Å². The Morgan fingerprint density at radius 2 is 1.75 bits per heavy atom. The van der Waals surface area contributed by atoms with E-state index >= 15 is 0 Å². The van der Waals surface area contributed by atoms with Gasteiger partial charge in [0.05, 0.1) is 0 Å². The molecule has 1 amide bonds. The summed E-state index contributed by atoms with van der Waals surface area (Å²) in [6.45, 7) is 9.87. The summed E-state index contributed by atoms with van der Waals surface area (Å²) in [5.41, 5.74) is 0.393. The van der Waals surface area contributed by atoms with Crippen LogP contribution in [-0.2, 0) is 16.1 Å². The molecule has 0 aliphatic carbocycles. The maximum atomic E-state index is 12.7. The van der Waals surface area contributed by atoms with E-state index in [0.717, 1.165) is 5.56 Å². The molecule has 0 spiro atoms. The number of nitrogens with zero attached hydrogens (tertiary/aromatic N) is 1. The number of aliphatic carboxylic acids is 1. The summed E-state index contributed by atoms with van der Waals surface area (Å²) in [6.07, 6.45) is 0.0196. The van der Waals surface area contributed by atoms with E-state index in [1.807, 2.05) is 65.0 Å². The van der Waals surface area contributed by atoms with Crippen molar-refractivity contribution in [1.29, 1.82) is 0 Å². The lowest BCUT2D eigenvalue weighted by atomic mass is 9.97. The van der Waals surface area contributed by atoms with Crippen molar-refractivity contribution in [3.05, 3.63) is 35.9 Å². The maximum absolute atomic E-state index is 12.7. The summed E-state index contributed by atoms with van der Waals surface area (Å²) in [4.78, 5) is 25.3. The van der Waals surface area contributed by atoms with Crippen LogP contribution in [0.25, 0.3) is 0 Å². The predicted molar refractivity (Wildman–Crippen MR) is 93.7 cm³/mol. The Morgan fingerprint density at radius 3 is 2.21 bits per heavy atom. The molecular weight excluding hydrogens is 306 g/mol. The van der Waals surface area contributed by atoms with Gasteiger partial charge in [-0.15, -0.1) is 0 Å². The molecule has 1 aromatic rings. The van der Waals surface area contributed by atoms with E-state index in [0.29, 0.717) is 13.0 Å². The Balaban J connectivity index is 3.04. The lowest BCUT2D eigenvalue weighted by Gasteiger charge is -2.35. The standard InChI is InChI=1S/C19H29NO4/c1-14(2)16(11-12-17(21)22)20(18(23)24-19(3,4)5)13-15-9-7-6-8-10-15/h6-10,14,16H,11-13H2,1-5H3,(H,21,22)/t16-/m0/s1. The fraction of sp³-hybridized carbons (Fsp3) is 0.579. The maximum Gasteiger partial charge on any atom is 0.410 e. The molecule has 1 atom stereocenters. The molecule has 0 heterocycles. The second kappa shape index (κ2) is 8.71. The molecule has 0 aromatic heterocycles. The lowest BCUT2D eigenvalue weighted by molar-refractivity contribution is -0.137. The molecule has 0 fully saturated rings. The summed E-state index contributed by atoms with van der Waals surface area (Å²) in [5.74, 6) is -0.731. The minimum atomic E-state index is -0.857. The molecule has 0 radical (unpaired) electrons. The van der Waals surface area contributed by atoms with Gasteiger partial charge >= 0.3 is 12.1 Å². The first kappa shape index (κ1) is 20.0. The van der Waals surface area contributed by atoms with Crippen LogP contribution in [0.5, 0.6) is 0 Å². The monoisotopic (exact) mass is 335 g/mol. The zero-order valence-electron chi connectivity index (χ0n) is 15.3. The van der Waals surface area contributed by atoms with E-state index < -0.39 is 17.7 Å². The minimum absolute atomic E-state index is 0.0247. The Morgan fingerprint density at radius 1 is 1.17 bits per heavy atom. The van der Waals surface area contributed by atoms with Crippen LogP contribution in [0.4, 0.5) is 4.79 Å². The number of benzene rings is 1. The highest BCUT2D eigenvalue weighted by atomic mass is 16.6. The first-order valence-electron chi connectivity index (χ1n) is 8.35. The van der Waals surface area contributed by atoms with Crippen molar-refractivity contribution < 1.29 is 19.4 Å². The third kappa shape index (κ3) is 7.02. The van der Waals surface area contributed by atoms with Crippen LogP contribution < -0.4 is 0 Å². The van der Waals surface area contributed by atoms with Crippen LogP contribution in [0, 0.1) is 5.92 Å². The lowest BCUT2D eigenvalue weighted by Crippen LogP contribution is -2.45. The Labute approximate surface area is 144 Å². The van der Waals surface area contributed by atoms with Crippen molar-refractivity contribution in [2.24, 2.45) is 5.92 Å². The summed E-state index contributed by atoms with van der Waals surface area (Å²) in [7, 11) is 0. The molecule has 0 unspecified atom stereocenters. The van der Waals surface area contributed by atoms with Gasteiger partial charge in [0.1, 0.15) is 5.60 Å². The number of carboxylic acids is 1. The van der Waals surface area contributed by atoms with Gasteiger partial charge in [0.2, 0.25) is 0 Å². The Kier molecular flexibility index (Phi) is 7.26. The van der Waals surface area contributed by atoms with E-state index in [-0.39, 0.29) is 18.4 Å². The van der Waals surface area contributed by atoms with E-state index in [9.17, 15) is 9.59 Å². The summed E-state index contributed by atoms with van der Waals surface area (Å²) in [5, 5.41) is 9.01. The number of carboxylic acid groups (broad SMARTS) is 1. The zero-order valence-corrected chi connectivity index (χ0v) is 15.3. The molecule has 0 aliphatic heterocycles. The molecule has 5 heteroatoms. The highest BCUT2D eigenvalue weighted by Crippen LogP contribution is 2.22. The second-order valence-corrected chi connectivity index (χ2v) is 7.34. The normalized spacial score (nSPS) is 12.8.